The number of carbonyl (C=O) groups excluding carboxylic acids is 1. The number of benzene rings is 1. The summed E-state index contributed by atoms with van der Waals surface area (Å²) in [5, 5.41) is 3.66. The third-order valence-corrected chi connectivity index (χ3v) is 4.69. The van der Waals surface area contributed by atoms with Gasteiger partial charge in [-0.2, -0.15) is 0 Å². The molecule has 1 amide bonds. The van der Waals surface area contributed by atoms with Crippen LogP contribution in [0.1, 0.15) is 17.1 Å². The Morgan fingerprint density at radius 2 is 2.32 bits per heavy atom. The largest absolute Gasteiger partial charge is 0.432 e. The van der Waals surface area contributed by atoms with Crippen LogP contribution >= 0.6 is 11.6 Å². The predicted octanol–water partition coefficient (Wildman–Crippen LogP) is 2.43. The lowest BCUT2D eigenvalue weighted by atomic mass is 10.0. The molecule has 22 heavy (non-hydrogen) atoms. The van der Waals surface area contributed by atoms with Crippen molar-refractivity contribution in [2.24, 2.45) is 5.92 Å². The number of amides is 1. The van der Waals surface area contributed by atoms with Crippen LogP contribution in [0.3, 0.4) is 0 Å². The molecule has 0 spiro atoms. The zero-order chi connectivity index (χ0) is 15.1. The van der Waals surface area contributed by atoms with E-state index in [-0.39, 0.29) is 17.8 Å². The van der Waals surface area contributed by atoms with E-state index < -0.39 is 0 Å². The van der Waals surface area contributed by atoms with Crippen LogP contribution in [-0.2, 0) is 0 Å². The van der Waals surface area contributed by atoms with E-state index in [9.17, 15) is 4.79 Å². The number of hydrogen-bond acceptors (Lipinski definition) is 4. The summed E-state index contributed by atoms with van der Waals surface area (Å²) in [6.45, 7) is 3.16. The second kappa shape index (κ2) is 5.41. The Hall–Kier alpha value is -1.85. The quantitative estimate of drug-likeness (QED) is 0.944. The highest BCUT2D eigenvalue weighted by Gasteiger charge is 2.39. The topological polar surface area (TPSA) is 58.4 Å². The molecule has 2 aliphatic heterocycles. The molecule has 6 heteroatoms. The molecule has 1 unspecified atom stereocenters. The highest BCUT2D eigenvalue weighted by atomic mass is 35.5. The van der Waals surface area contributed by atoms with E-state index in [1.807, 2.05) is 12.1 Å². The summed E-state index contributed by atoms with van der Waals surface area (Å²) in [5.41, 5.74) is 0.810. The monoisotopic (exact) mass is 317 g/mol. The van der Waals surface area contributed by atoms with Gasteiger partial charge in [0.2, 0.25) is 0 Å². The summed E-state index contributed by atoms with van der Waals surface area (Å²) in [5.74, 6) is 0.968. The van der Waals surface area contributed by atoms with Crippen molar-refractivity contribution in [3.05, 3.63) is 41.4 Å². The van der Waals surface area contributed by atoms with E-state index >= 15 is 0 Å². The third-order valence-electron chi connectivity index (χ3n) is 4.46. The van der Waals surface area contributed by atoms with Crippen molar-refractivity contribution in [2.75, 3.05) is 19.6 Å². The average molecular weight is 318 g/mol. The molecule has 1 N–H and O–H groups in total. The Balaban J connectivity index is 1.48. The smallest absolute Gasteiger partial charge is 0.307 e. The highest BCUT2D eigenvalue weighted by molar-refractivity contribution is 6.30. The Labute approximate surface area is 133 Å². The van der Waals surface area contributed by atoms with Crippen LogP contribution in [-0.4, -0.2) is 41.5 Å². The Morgan fingerprint density at radius 3 is 3.05 bits per heavy atom. The van der Waals surface area contributed by atoms with Gasteiger partial charge in [-0.05, 0) is 31.0 Å². The van der Waals surface area contributed by atoms with Gasteiger partial charge in [0.25, 0.3) is 5.89 Å². The number of rotatable bonds is 3. The first kappa shape index (κ1) is 13.8. The number of aromatic nitrogens is 1. The summed E-state index contributed by atoms with van der Waals surface area (Å²) in [6.07, 6.45) is 2.72. The maximum Gasteiger partial charge on any atom is 0.307 e. The van der Waals surface area contributed by atoms with Crippen molar-refractivity contribution in [1.82, 2.24) is 15.2 Å². The fourth-order valence-corrected chi connectivity index (χ4v) is 3.52. The Morgan fingerprint density at radius 1 is 1.41 bits per heavy atom. The number of nitrogens with zero attached hydrogens (tertiary/aromatic N) is 2. The van der Waals surface area contributed by atoms with Crippen molar-refractivity contribution < 1.29 is 9.21 Å². The molecular formula is C16H16ClN3O2. The Bertz CT molecular complexity index is 715. The van der Waals surface area contributed by atoms with Crippen LogP contribution in [0, 0.1) is 5.92 Å². The molecule has 1 aromatic heterocycles. The van der Waals surface area contributed by atoms with Crippen LogP contribution < -0.4 is 5.32 Å². The number of hydrogen-bond donors (Lipinski definition) is 1. The van der Waals surface area contributed by atoms with Gasteiger partial charge in [-0.25, -0.2) is 4.98 Å². The molecule has 0 aliphatic carbocycles. The molecule has 3 heterocycles. The van der Waals surface area contributed by atoms with Gasteiger partial charge in [0.05, 0.1) is 6.20 Å². The van der Waals surface area contributed by atoms with Crippen molar-refractivity contribution in [2.45, 2.75) is 12.5 Å². The number of halogens is 1. The lowest BCUT2D eigenvalue weighted by molar-refractivity contribution is 0.0890. The molecule has 2 saturated heterocycles. The molecule has 0 saturated carbocycles. The molecule has 2 fully saturated rings. The standard InChI is InChI=1S/C16H16ClN3O2/c17-12-3-1-2-10(6-12)14-7-18-16(22-14)15(21)19-13-9-20-5-4-11(13)8-20/h1-3,6-7,11,13H,4-5,8-9H2,(H,19,21)/t11-,13-/m0/s1. The van der Waals surface area contributed by atoms with Crippen molar-refractivity contribution in [1.29, 1.82) is 0 Å². The van der Waals surface area contributed by atoms with Gasteiger partial charge in [-0.1, -0.05) is 23.7 Å². The van der Waals surface area contributed by atoms with Gasteiger partial charge >= 0.3 is 5.91 Å². The number of piperidine rings is 1. The molecule has 2 bridgehead atoms. The predicted molar refractivity (Wildman–Crippen MR) is 82.8 cm³/mol. The zero-order valence-corrected chi connectivity index (χ0v) is 12.7. The number of fused-ring (bicyclic) bond motifs is 2. The summed E-state index contributed by atoms with van der Waals surface area (Å²) in [6, 6.07) is 7.50. The fraction of sp³-hybridized carbons (Fsp3) is 0.375. The molecule has 5 nitrogen and oxygen atoms in total. The van der Waals surface area contributed by atoms with Gasteiger partial charge in [0.15, 0.2) is 5.76 Å². The van der Waals surface area contributed by atoms with Crippen LogP contribution in [0.4, 0.5) is 0 Å². The van der Waals surface area contributed by atoms with Gasteiger partial charge in [-0.15, -0.1) is 0 Å². The first-order valence-corrected chi connectivity index (χ1v) is 7.82. The third kappa shape index (κ3) is 2.51. The summed E-state index contributed by atoms with van der Waals surface area (Å²) >= 11 is 5.97. The van der Waals surface area contributed by atoms with Crippen molar-refractivity contribution in [3.8, 4) is 11.3 Å². The number of nitrogens with one attached hydrogen (secondary N) is 1. The van der Waals surface area contributed by atoms with Crippen LogP contribution in [0.15, 0.2) is 34.9 Å². The van der Waals surface area contributed by atoms with Gasteiger partial charge < -0.3 is 14.6 Å². The summed E-state index contributed by atoms with van der Waals surface area (Å²) < 4.78 is 5.58. The lowest BCUT2D eigenvalue weighted by Gasteiger charge is -2.22. The molecule has 0 radical (unpaired) electrons. The maximum atomic E-state index is 12.3. The zero-order valence-electron chi connectivity index (χ0n) is 12.0. The van der Waals surface area contributed by atoms with Crippen molar-refractivity contribution in [3.63, 3.8) is 0 Å². The van der Waals surface area contributed by atoms with Gasteiger partial charge in [-0.3, -0.25) is 4.79 Å². The molecule has 114 valence electrons. The second-order valence-electron chi connectivity index (χ2n) is 5.93. The first-order valence-electron chi connectivity index (χ1n) is 7.44. The van der Waals surface area contributed by atoms with E-state index in [0.717, 1.165) is 31.6 Å². The second-order valence-corrected chi connectivity index (χ2v) is 6.36. The molecule has 2 aromatic rings. The van der Waals surface area contributed by atoms with E-state index in [0.29, 0.717) is 16.7 Å². The summed E-state index contributed by atoms with van der Waals surface area (Å²) in [4.78, 5) is 18.7. The van der Waals surface area contributed by atoms with Crippen molar-refractivity contribution >= 4 is 17.5 Å². The van der Waals surface area contributed by atoms with Crippen LogP contribution in [0.2, 0.25) is 5.02 Å². The molecule has 3 atom stereocenters. The lowest BCUT2D eigenvalue weighted by Crippen LogP contribution is -2.43. The molecule has 2 aliphatic rings. The van der Waals surface area contributed by atoms with E-state index in [1.54, 1.807) is 18.3 Å². The SMILES string of the molecule is O=C(N[C@H]1CN2CC[C@H]1C2)c1ncc(-c2cccc(Cl)c2)o1. The number of carbonyl (C=O) groups is 1. The molecule has 1 aromatic carbocycles. The van der Waals surface area contributed by atoms with E-state index in [1.165, 1.54) is 0 Å². The van der Waals surface area contributed by atoms with Gasteiger partial charge in [0.1, 0.15) is 0 Å². The molecule has 4 rings (SSSR count). The van der Waals surface area contributed by atoms with Crippen LogP contribution in [0.25, 0.3) is 11.3 Å². The van der Waals surface area contributed by atoms with E-state index in [4.69, 9.17) is 16.0 Å². The fourth-order valence-electron chi connectivity index (χ4n) is 3.33. The number of oxazole rings is 1. The summed E-state index contributed by atoms with van der Waals surface area (Å²) in [7, 11) is 0. The minimum Gasteiger partial charge on any atom is -0.432 e. The normalized spacial score (nSPS) is 26.3. The maximum absolute atomic E-state index is 12.3. The minimum absolute atomic E-state index is 0.104. The minimum atomic E-state index is -0.243. The van der Waals surface area contributed by atoms with Gasteiger partial charge in [0, 0.05) is 29.7 Å². The average Bonchev–Trinajstić information content (AvgIpc) is 3.23. The molecular weight excluding hydrogens is 302 g/mol. The van der Waals surface area contributed by atoms with E-state index in [2.05, 4.69) is 15.2 Å². The Kier molecular flexibility index (Phi) is 3.39. The highest BCUT2D eigenvalue weighted by Crippen LogP contribution is 2.28. The first-order chi connectivity index (χ1) is 10.7. The van der Waals surface area contributed by atoms with Crippen LogP contribution in [0.5, 0.6) is 0 Å².